The van der Waals surface area contributed by atoms with E-state index >= 15 is 0 Å². The van der Waals surface area contributed by atoms with Crippen LogP contribution in [0.15, 0.2) is 30.3 Å². The lowest BCUT2D eigenvalue weighted by Crippen LogP contribution is -2.02. The van der Waals surface area contributed by atoms with Gasteiger partial charge in [-0.2, -0.15) is 4.08 Å². The lowest BCUT2D eigenvalue weighted by Gasteiger charge is -2.04. The topological polar surface area (TPSA) is 46.5 Å². The summed E-state index contributed by atoms with van der Waals surface area (Å²) in [5, 5.41) is 0.190. The van der Waals surface area contributed by atoms with Crippen molar-refractivity contribution >= 4 is 24.8 Å². The molecule has 0 aliphatic heterocycles. The average Bonchev–Trinajstić information content (AvgIpc) is 2.06. The summed E-state index contributed by atoms with van der Waals surface area (Å²) < 4.78 is 14.9. The Morgan fingerprint density at radius 3 is 2.36 bits per heavy atom. The van der Waals surface area contributed by atoms with Crippen molar-refractivity contribution < 1.29 is 13.5 Å². The van der Waals surface area contributed by atoms with Crippen molar-refractivity contribution in [3.63, 3.8) is 0 Å². The lowest BCUT2D eigenvalue weighted by molar-refractivity contribution is 0.408. The van der Waals surface area contributed by atoms with Gasteiger partial charge in [0.25, 0.3) is 0 Å². The highest BCUT2D eigenvalue weighted by atomic mass is 35.5. The van der Waals surface area contributed by atoms with Gasteiger partial charge >= 0.3 is 7.60 Å². The molecule has 0 aromatic heterocycles. The molecule has 0 heterocycles. The molecule has 0 saturated heterocycles. The maximum absolute atomic E-state index is 11.0. The SMILES string of the molecule is O=P(O)(OCl)c1ccccc1. The van der Waals surface area contributed by atoms with E-state index in [1.54, 1.807) is 18.2 Å². The Hall–Kier alpha value is -0.340. The van der Waals surface area contributed by atoms with Gasteiger partial charge in [0.05, 0.1) is 17.2 Å². The second-order valence-electron chi connectivity index (χ2n) is 1.92. The van der Waals surface area contributed by atoms with Crippen LogP contribution in [0.2, 0.25) is 0 Å². The highest BCUT2D eigenvalue weighted by molar-refractivity contribution is 7.62. The summed E-state index contributed by atoms with van der Waals surface area (Å²) in [6, 6.07) is 7.95. The van der Waals surface area contributed by atoms with Gasteiger partial charge in [-0.3, -0.25) is 4.57 Å². The highest BCUT2D eigenvalue weighted by Crippen LogP contribution is 2.41. The molecule has 11 heavy (non-hydrogen) atoms. The lowest BCUT2D eigenvalue weighted by atomic mass is 10.4. The third-order valence-electron chi connectivity index (χ3n) is 1.18. The standard InChI is InChI=1S/C6H6ClO3P/c7-10-11(8,9)6-4-2-1-3-5-6/h1-5H,(H,8,9). The molecule has 0 radical (unpaired) electrons. The van der Waals surface area contributed by atoms with Gasteiger partial charge in [0.15, 0.2) is 0 Å². The van der Waals surface area contributed by atoms with E-state index in [1.807, 2.05) is 0 Å². The molecule has 5 heteroatoms. The van der Waals surface area contributed by atoms with Gasteiger partial charge in [0.1, 0.15) is 0 Å². The quantitative estimate of drug-likeness (QED) is 0.725. The molecule has 3 nitrogen and oxygen atoms in total. The molecule has 0 saturated carbocycles. The summed E-state index contributed by atoms with van der Waals surface area (Å²) in [7, 11) is -3.76. The van der Waals surface area contributed by atoms with Crippen LogP contribution in [-0.2, 0) is 8.64 Å². The van der Waals surface area contributed by atoms with Crippen molar-refractivity contribution in [3.8, 4) is 0 Å². The van der Waals surface area contributed by atoms with Crippen LogP contribution >= 0.6 is 19.5 Å². The summed E-state index contributed by atoms with van der Waals surface area (Å²) in [5.41, 5.74) is 0. The van der Waals surface area contributed by atoms with Crippen LogP contribution in [-0.4, -0.2) is 4.89 Å². The summed E-state index contributed by atoms with van der Waals surface area (Å²) in [6.07, 6.45) is 0. The van der Waals surface area contributed by atoms with Gasteiger partial charge in [-0.05, 0) is 12.1 Å². The fraction of sp³-hybridized carbons (Fsp3) is 0. The molecule has 0 amide bonds. The molecule has 1 atom stereocenters. The van der Waals surface area contributed by atoms with Gasteiger partial charge in [-0.25, -0.2) is 0 Å². The van der Waals surface area contributed by atoms with Crippen molar-refractivity contribution in [1.82, 2.24) is 0 Å². The molecule has 0 spiro atoms. The van der Waals surface area contributed by atoms with Crippen LogP contribution in [0.4, 0.5) is 0 Å². The van der Waals surface area contributed by atoms with E-state index in [9.17, 15) is 4.57 Å². The minimum absolute atomic E-state index is 0.190. The Bertz CT molecular complexity index is 274. The van der Waals surface area contributed by atoms with Crippen molar-refractivity contribution in [1.29, 1.82) is 0 Å². The largest absolute Gasteiger partial charge is 0.375 e. The Morgan fingerprint density at radius 1 is 1.36 bits per heavy atom. The van der Waals surface area contributed by atoms with Crippen LogP contribution in [0, 0.1) is 0 Å². The fourth-order valence-electron chi connectivity index (χ4n) is 0.656. The molecule has 0 aliphatic rings. The number of halogens is 1. The zero-order valence-corrected chi connectivity index (χ0v) is 7.13. The molecule has 1 aromatic carbocycles. The molecule has 0 fully saturated rings. The number of hydrogen-bond donors (Lipinski definition) is 1. The minimum atomic E-state index is -3.76. The first-order valence-corrected chi connectivity index (χ1v) is 4.74. The summed E-state index contributed by atoms with van der Waals surface area (Å²) in [4.78, 5) is 9.00. The molecular formula is C6H6ClO3P. The van der Waals surface area contributed by atoms with Crippen molar-refractivity contribution in [3.05, 3.63) is 30.3 Å². The third kappa shape index (κ3) is 2.04. The smallest absolute Gasteiger partial charge is 0.320 e. The second kappa shape index (κ2) is 3.37. The molecule has 1 rings (SSSR count). The van der Waals surface area contributed by atoms with E-state index in [0.29, 0.717) is 0 Å². The normalized spacial score (nSPS) is 15.8. The third-order valence-corrected chi connectivity index (χ3v) is 2.88. The predicted molar refractivity (Wildman–Crippen MR) is 42.8 cm³/mol. The molecule has 1 unspecified atom stereocenters. The predicted octanol–water partition coefficient (Wildman–Crippen LogP) is 1.67. The first kappa shape index (κ1) is 8.75. The van der Waals surface area contributed by atoms with E-state index in [0.717, 1.165) is 0 Å². The number of hydrogen-bond acceptors (Lipinski definition) is 2. The summed E-state index contributed by atoms with van der Waals surface area (Å²) >= 11 is 4.81. The first-order valence-electron chi connectivity index (χ1n) is 2.85. The van der Waals surface area contributed by atoms with Crippen molar-refractivity contribution in [2.75, 3.05) is 0 Å². The maximum Gasteiger partial charge on any atom is 0.375 e. The number of benzene rings is 1. The summed E-state index contributed by atoms with van der Waals surface area (Å²) in [6.45, 7) is 0. The Kier molecular flexibility index (Phi) is 2.68. The van der Waals surface area contributed by atoms with Gasteiger partial charge in [-0.15, -0.1) is 0 Å². The zero-order chi connectivity index (χ0) is 8.32. The fourth-order valence-corrected chi connectivity index (χ4v) is 1.52. The van der Waals surface area contributed by atoms with E-state index < -0.39 is 7.60 Å². The monoisotopic (exact) mass is 192 g/mol. The van der Waals surface area contributed by atoms with Crippen molar-refractivity contribution in [2.45, 2.75) is 0 Å². The van der Waals surface area contributed by atoms with E-state index in [4.69, 9.17) is 16.8 Å². The second-order valence-corrected chi connectivity index (χ2v) is 4.03. The van der Waals surface area contributed by atoms with Gasteiger partial charge < -0.3 is 4.89 Å². The van der Waals surface area contributed by atoms with Crippen LogP contribution in [0.3, 0.4) is 0 Å². The average molecular weight is 193 g/mol. The summed E-state index contributed by atoms with van der Waals surface area (Å²) in [5.74, 6) is 0. The molecule has 0 bridgehead atoms. The van der Waals surface area contributed by atoms with Crippen LogP contribution in [0.25, 0.3) is 0 Å². The Morgan fingerprint density at radius 2 is 1.91 bits per heavy atom. The van der Waals surface area contributed by atoms with Gasteiger partial charge in [0, 0.05) is 0 Å². The van der Waals surface area contributed by atoms with Gasteiger partial charge in [0.2, 0.25) is 0 Å². The van der Waals surface area contributed by atoms with Crippen LogP contribution < -0.4 is 5.30 Å². The molecule has 1 N–H and O–H groups in total. The maximum atomic E-state index is 11.0. The van der Waals surface area contributed by atoms with E-state index in [2.05, 4.69) is 4.08 Å². The van der Waals surface area contributed by atoms with E-state index in [1.165, 1.54) is 12.1 Å². The molecule has 0 aliphatic carbocycles. The molecule has 1 aromatic rings. The Labute approximate surface area is 69.3 Å². The first-order chi connectivity index (χ1) is 5.17. The molecular weight excluding hydrogens is 186 g/mol. The minimum Gasteiger partial charge on any atom is -0.320 e. The van der Waals surface area contributed by atoms with Crippen LogP contribution in [0.5, 0.6) is 0 Å². The van der Waals surface area contributed by atoms with Crippen LogP contribution in [0.1, 0.15) is 0 Å². The zero-order valence-electron chi connectivity index (χ0n) is 5.48. The van der Waals surface area contributed by atoms with E-state index in [-0.39, 0.29) is 5.30 Å². The van der Waals surface area contributed by atoms with Gasteiger partial charge in [-0.1, -0.05) is 18.2 Å². The number of rotatable bonds is 2. The molecule has 60 valence electrons. The van der Waals surface area contributed by atoms with Crippen molar-refractivity contribution in [2.24, 2.45) is 0 Å². The Balaban J connectivity index is 3.03. The highest BCUT2D eigenvalue weighted by Gasteiger charge is 2.21.